The molecule has 8 rings (SSSR count). The molecule has 0 saturated heterocycles. The summed E-state index contributed by atoms with van der Waals surface area (Å²) in [5.74, 6) is 0. The monoisotopic (exact) mass is 1000 g/mol. The molecule has 61 heavy (non-hydrogen) atoms. The van der Waals surface area contributed by atoms with Crippen LogP contribution in [0.1, 0.15) is 5.56 Å². The van der Waals surface area contributed by atoms with Gasteiger partial charge in [-0.3, -0.25) is 19.4 Å². The number of nitrogens with one attached hydrogen (secondary N) is 2. The number of halogens is 6. The highest BCUT2D eigenvalue weighted by molar-refractivity contribution is 8.00. The number of aromatic nitrogens is 2. The first kappa shape index (κ1) is 45.1. The van der Waals surface area contributed by atoms with Crippen molar-refractivity contribution < 1.29 is 16.8 Å². The first-order valence-corrected chi connectivity index (χ1v) is 24.5. The Balaban J connectivity index is 0.000000184. The molecule has 0 amide bonds. The van der Waals surface area contributed by atoms with Gasteiger partial charge in [0.25, 0.3) is 20.0 Å². The van der Waals surface area contributed by atoms with Crippen LogP contribution in [0.4, 0.5) is 11.4 Å². The quantitative estimate of drug-likeness (QED) is 0.139. The molecule has 2 aromatic heterocycles. The van der Waals surface area contributed by atoms with E-state index in [9.17, 15) is 16.8 Å². The molecule has 0 spiro atoms. The van der Waals surface area contributed by atoms with Crippen molar-refractivity contribution in [3.05, 3.63) is 175 Å². The van der Waals surface area contributed by atoms with Crippen molar-refractivity contribution in [3.8, 4) is 0 Å². The predicted molar refractivity (Wildman–Crippen MR) is 254 cm³/mol. The van der Waals surface area contributed by atoms with Gasteiger partial charge in [-0.25, -0.2) is 16.8 Å². The maximum Gasteiger partial charge on any atom is 0.263 e. The molecule has 2 N–H and O–H groups in total. The Labute approximate surface area is 391 Å². The van der Waals surface area contributed by atoms with E-state index in [4.69, 9.17) is 69.6 Å². The molecular formula is C43H28Cl6N4O4S4. The van der Waals surface area contributed by atoms with Crippen molar-refractivity contribution >= 4 is 146 Å². The van der Waals surface area contributed by atoms with Crippen molar-refractivity contribution in [3.63, 3.8) is 0 Å². The number of sulfonamides is 2. The molecule has 18 heteroatoms. The Morgan fingerprint density at radius 3 is 1.31 bits per heavy atom. The van der Waals surface area contributed by atoms with Gasteiger partial charge in [0.2, 0.25) is 0 Å². The van der Waals surface area contributed by atoms with Crippen molar-refractivity contribution in [2.75, 3.05) is 9.44 Å². The number of rotatable bonds is 10. The van der Waals surface area contributed by atoms with Crippen molar-refractivity contribution in [1.82, 2.24) is 9.97 Å². The van der Waals surface area contributed by atoms with E-state index in [1.54, 1.807) is 36.7 Å². The summed E-state index contributed by atoms with van der Waals surface area (Å²) in [5.41, 5.74) is 3.13. The largest absolute Gasteiger partial charge is 0.279 e. The topological polar surface area (TPSA) is 118 Å². The zero-order chi connectivity index (χ0) is 43.5. The van der Waals surface area contributed by atoms with Gasteiger partial charge >= 0.3 is 0 Å². The standard InChI is InChI=1S/C22H15Cl3N2O2S2.C21H13Cl3N2O2S2/c1-13-6-7-21(17(23)8-13)31(28,29)27-15-10-18(24)22(19(25)11-15)30-16-9-14-4-2-3-5-20(14)26-12-16;22-16-6-2-4-8-20(16)30(27,28)26-14-10-17(23)21(18(24)11-14)29-15-9-13-5-1-3-7-19(13)25-12-15/h2-12,27H,1H3;1-12,26H. The highest BCUT2D eigenvalue weighted by Gasteiger charge is 2.21. The molecule has 0 unspecified atom stereocenters. The minimum Gasteiger partial charge on any atom is -0.279 e. The van der Waals surface area contributed by atoms with Gasteiger partial charge in [-0.15, -0.1) is 0 Å². The molecule has 8 aromatic rings. The minimum absolute atomic E-state index is 0.0206. The number of anilines is 2. The second kappa shape index (κ2) is 19.2. The summed E-state index contributed by atoms with van der Waals surface area (Å²) >= 11 is 40.6. The SMILES string of the molecule is Cc1ccc(S(=O)(=O)Nc2cc(Cl)c(Sc3cnc4ccccc4c3)c(Cl)c2)c(Cl)c1.O=S(=O)(Nc1cc(Cl)c(Sc2cnc3ccccc3c2)c(Cl)c1)c1ccccc1Cl. The van der Waals surface area contributed by atoms with E-state index in [2.05, 4.69) is 19.4 Å². The lowest BCUT2D eigenvalue weighted by Crippen LogP contribution is -2.13. The molecule has 6 aromatic carbocycles. The average molecular weight is 1010 g/mol. The van der Waals surface area contributed by atoms with Crippen molar-refractivity contribution in [1.29, 1.82) is 0 Å². The van der Waals surface area contributed by atoms with Gasteiger partial charge in [0.15, 0.2) is 0 Å². The molecule has 2 heterocycles. The van der Waals surface area contributed by atoms with Crippen molar-refractivity contribution in [2.24, 2.45) is 0 Å². The smallest absolute Gasteiger partial charge is 0.263 e. The third kappa shape index (κ3) is 11.0. The number of hydrogen-bond acceptors (Lipinski definition) is 8. The Bertz CT molecular complexity index is 3150. The number of nitrogens with zero attached hydrogens (tertiary/aromatic N) is 2. The highest BCUT2D eigenvalue weighted by Crippen LogP contribution is 2.43. The molecule has 0 saturated carbocycles. The zero-order valence-electron chi connectivity index (χ0n) is 31.2. The van der Waals surface area contributed by atoms with E-state index in [1.165, 1.54) is 66.0 Å². The highest BCUT2D eigenvalue weighted by atomic mass is 35.5. The summed E-state index contributed by atoms with van der Waals surface area (Å²) in [5, 5.41) is 3.53. The first-order chi connectivity index (χ1) is 29.1. The molecule has 310 valence electrons. The van der Waals surface area contributed by atoms with Crippen LogP contribution in [0.25, 0.3) is 21.8 Å². The summed E-state index contributed by atoms with van der Waals surface area (Å²) in [6, 6.07) is 36.5. The lowest BCUT2D eigenvalue weighted by Gasteiger charge is -2.13. The van der Waals surface area contributed by atoms with Crippen molar-refractivity contribution in [2.45, 2.75) is 36.3 Å². The summed E-state index contributed by atoms with van der Waals surface area (Å²) in [7, 11) is -7.80. The van der Waals surface area contributed by atoms with Crippen LogP contribution in [0.15, 0.2) is 169 Å². The van der Waals surface area contributed by atoms with E-state index >= 15 is 0 Å². The number of fused-ring (bicyclic) bond motifs is 2. The van der Waals surface area contributed by atoms with E-state index in [1.807, 2.05) is 67.6 Å². The van der Waals surface area contributed by atoms with Gasteiger partial charge in [0.05, 0.1) is 52.5 Å². The van der Waals surface area contributed by atoms with Crippen LogP contribution in [0.2, 0.25) is 30.1 Å². The van der Waals surface area contributed by atoms with E-state index in [0.717, 1.165) is 37.2 Å². The number of pyridine rings is 2. The Morgan fingerprint density at radius 2 is 0.869 bits per heavy atom. The van der Waals surface area contributed by atoms with Gasteiger partial charge in [-0.05, 0) is 85.3 Å². The van der Waals surface area contributed by atoms with Crippen LogP contribution in [0.3, 0.4) is 0 Å². The molecule has 0 aliphatic heterocycles. The number of hydrogen-bond donors (Lipinski definition) is 2. The fourth-order valence-electron chi connectivity index (χ4n) is 5.79. The number of aryl methyl sites for hydroxylation is 1. The van der Waals surface area contributed by atoms with Crippen LogP contribution in [0.5, 0.6) is 0 Å². The Kier molecular flexibility index (Phi) is 14.2. The first-order valence-electron chi connectivity index (χ1n) is 17.7. The summed E-state index contributed by atoms with van der Waals surface area (Å²) in [4.78, 5) is 11.8. The fraction of sp³-hybridized carbons (Fsp3) is 0.0233. The zero-order valence-corrected chi connectivity index (χ0v) is 39.0. The molecule has 0 aliphatic carbocycles. The minimum atomic E-state index is -3.91. The average Bonchev–Trinajstić information content (AvgIpc) is 3.20. The maximum atomic E-state index is 12.8. The molecule has 0 bridgehead atoms. The third-order valence-corrected chi connectivity index (χ3v) is 16.2. The predicted octanol–water partition coefficient (Wildman–Crippen LogP) is 14.6. The molecular weight excluding hydrogens is 977 g/mol. The lowest BCUT2D eigenvalue weighted by atomic mass is 10.2. The maximum absolute atomic E-state index is 12.8. The molecule has 8 nitrogen and oxygen atoms in total. The van der Waals surface area contributed by atoms with Crippen LogP contribution >= 0.6 is 93.1 Å². The van der Waals surface area contributed by atoms with Crippen LogP contribution < -0.4 is 9.44 Å². The fourth-order valence-corrected chi connectivity index (χ4v) is 12.1. The lowest BCUT2D eigenvalue weighted by molar-refractivity contribution is 0.599. The molecule has 0 atom stereocenters. The molecule has 0 fully saturated rings. The van der Waals surface area contributed by atoms with Gasteiger partial charge < -0.3 is 0 Å². The second-order valence-electron chi connectivity index (χ2n) is 13.0. The van der Waals surface area contributed by atoms with Crippen LogP contribution in [-0.2, 0) is 20.0 Å². The van der Waals surface area contributed by atoms with Crippen LogP contribution in [-0.4, -0.2) is 26.8 Å². The molecule has 0 aliphatic rings. The van der Waals surface area contributed by atoms with E-state index < -0.39 is 20.0 Å². The summed E-state index contributed by atoms with van der Waals surface area (Å²) in [6.07, 6.45) is 3.49. The van der Waals surface area contributed by atoms with Gasteiger partial charge in [-0.1, -0.05) is 148 Å². The van der Waals surface area contributed by atoms with Crippen LogP contribution in [0, 0.1) is 6.92 Å². The normalized spacial score (nSPS) is 11.6. The third-order valence-electron chi connectivity index (χ3n) is 8.57. The van der Waals surface area contributed by atoms with E-state index in [0.29, 0.717) is 29.9 Å². The summed E-state index contributed by atoms with van der Waals surface area (Å²) < 4.78 is 55.8. The van der Waals surface area contributed by atoms with Gasteiger partial charge in [0, 0.05) is 42.7 Å². The van der Waals surface area contributed by atoms with Gasteiger partial charge in [-0.2, -0.15) is 0 Å². The Hall–Kier alpha value is -3.92. The number of benzene rings is 6. The van der Waals surface area contributed by atoms with Gasteiger partial charge in [0.1, 0.15) is 9.79 Å². The second-order valence-corrected chi connectivity index (χ2v) is 21.0. The van der Waals surface area contributed by atoms with E-state index in [-0.39, 0.29) is 31.2 Å². The number of para-hydroxylation sites is 2. The summed E-state index contributed by atoms with van der Waals surface area (Å²) in [6.45, 7) is 1.83. The molecule has 0 radical (unpaired) electrons. The Morgan fingerprint density at radius 1 is 0.459 bits per heavy atom.